The average molecular weight is 478 g/mol. The Morgan fingerprint density at radius 1 is 0.971 bits per heavy atom. The van der Waals surface area contributed by atoms with E-state index in [4.69, 9.17) is 9.15 Å². The standard InChI is InChI=1S/C26H23NO6S/c1-17-8-10-20(11-9-17)34(30,31)27-15-14-24(28)32-23-13-12-21-22(19-6-4-3-5-7-19)16-25(29)33-26(21)18(23)2/h3-13,16,27H,14-15H2,1-2H3. The first-order chi connectivity index (χ1) is 16.2. The normalized spacial score (nSPS) is 11.5. The summed E-state index contributed by atoms with van der Waals surface area (Å²) in [6, 6.07) is 20.7. The molecule has 4 rings (SSSR count). The van der Waals surface area contributed by atoms with Gasteiger partial charge in [0, 0.05) is 23.6 Å². The molecule has 8 heteroatoms. The third-order valence-electron chi connectivity index (χ3n) is 5.37. The molecular formula is C26H23NO6S. The summed E-state index contributed by atoms with van der Waals surface area (Å²) in [4.78, 5) is 24.7. The smallest absolute Gasteiger partial charge is 0.336 e. The minimum atomic E-state index is -3.73. The Morgan fingerprint density at radius 2 is 1.68 bits per heavy atom. The summed E-state index contributed by atoms with van der Waals surface area (Å²) in [5.74, 6) is -0.372. The fraction of sp³-hybridized carbons (Fsp3) is 0.154. The van der Waals surface area contributed by atoms with Gasteiger partial charge in [-0.05, 0) is 49.2 Å². The number of hydrogen-bond donors (Lipinski definition) is 1. The maximum absolute atomic E-state index is 12.4. The Labute approximate surface area is 197 Å². The van der Waals surface area contributed by atoms with Crippen LogP contribution in [-0.2, 0) is 14.8 Å². The first-order valence-electron chi connectivity index (χ1n) is 10.6. The second-order valence-electron chi connectivity index (χ2n) is 7.85. The number of esters is 1. The zero-order valence-corrected chi connectivity index (χ0v) is 19.5. The lowest BCUT2D eigenvalue weighted by molar-refractivity contribution is -0.134. The number of carbonyl (C=O) groups excluding carboxylic acids is 1. The molecule has 0 spiro atoms. The lowest BCUT2D eigenvalue weighted by atomic mass is 10.0. The summed E-state index contributed by atoms with van der Waals surface area (Å²) < 4.78 is 38.0. The summed E-state index contributed by atoms with van der Waals surface area (Å²) in [7, 11) is -3.73. The monoisotopic (exact) mass is 477 g/mol. The Morgan fingerprint density at radius 3 is 2.38 bits per heavy atom. The van der Waals surface area contributed by atoms with Gasteiger partial charge in [0.15, 0.2) is 0 Å². The molecule has 3 aromatic carbocycles. The molecule has 0 bridgehead atoms. The summed E-state index contributed by atoms with van der Waals surface area (Å²) >= 11 is 0. The van der Waals surface area contributed by atoms with Crippen molar-refractivity contribution in [1.29, 1.82) is 0 Å². The van der Waals surface area contributed by atoms with Crippen molar-refractivity contribution >= 4 is 27.0 Å². The van der Waals surface area contributed by atoms with Gasteiger partial charge in [0.2, 0.25) is 10.0 Å². The van der Waals surface area contributed by atoms with Crippen molar-refractivity contribution in [2.75, 3.05) is 6.54 Å². The number of carbonyl (C=O) groups is 1. The molecule has 174 valence electrons. The van der Waals surface area contributed by atoms with E-state index < -0.39 is 21.6 Å². The zero-order valence-electron chi connectivity index (χ0n) is 18.7. The number of fused-ring (bicyclic) bond motifs is 1. The summed E-state index contributed by atoms with van der Waals surface area (Å²) in [6.45, 7) is 3.44. The van der Waals surface area contributed by atoms with E-state index in [-0.39, 0.29) is 23.6 Å². The molecule has 0 radical (unpaired) electrons. The Bertz CT molecular complexity index is 1510. The number of hydrogen-bond acceptors (Lipinski definition) is 6. The highest BCUT2D eigenvalue weighted by Gasteiger charge is 2.17. The minimum Gasteiger partial charge on any atom is -0.426 e. The topological polar surface area (TPSA) is 103 Å². The SMILES string of the molecule is Cc1ccc(S(=O)(=O)NCCC(=O)Oc2ccc3c(-c4ccccc4)cc(=O)oc3c2C)cc1. The molecule has 0 saturated carbocycles. The summed E-state index contributed by atoms with van der Waals surface area (Å²) in [5, 5.41) is 0.717. The van der Waals surface area contributed by atoms with Crippen LogP contribution in [0.2, 0.25) is 0 Å². The molecule has 0 fully saturated rings. The van der Waals surface area contributed by atoms with Crippen molar-refractivity contribution in [3.05, 3.63) is 94.3 Å². The number of benzene rings is 3. The van der Waals surface area contributed by atoms with Crippen LogP contribution in [0.3, 0.4) is 0 Å². The van der Waals surface area contributed by atoms with Gasteiger partial charge >= 0.3 is 11.6 Å². The van der Waals surface area contributed by atoms with Gasteiger partial charge in [0.1, 0.15) is 11.3 Å². The van der Waals surface area contributed by atoms with Gasteiger partial charge in [-0.2, -0.15) is 0 Å². The van der Waals surface area contributed by atoms with E-state index in [1.807, 2.05) is 37.3 Å². The maximum atomic E-state index is 12.4. The lowest BCUT2D eigenvalue weighted by Gasteiger charge is -2.12. The third kappa shape index (κ3) is 5.08. The molecule has 0 aliphatic rings. The van der Waals surface area contributed by atoms with Crippen molar-refractivity contribution in [3.8, 4) is 16.9 Å². The van der Waals surface area contributed by atoms with Gasteiger partial charge in [-0.1, -0.05) is 48.0 Å². The van der Waals surface area contributed by atoms with Gasteiger partial charge in [0.05, 0.1) is 11.3 Å². The van der Waals surface area contributed by atoms with E-state index in [1.54, 1.807) is 31.2 Å². The van der Waals surface area contributed by atoms with Crippen molar-refractivity contribution in [3.63, 3.8) is 0 Å². The average Bonchev–Trinajstić information content (AvgIpc) is 2.81. The number of sulfonamides is 1. The molecule has 0 saturated heterocycles. The highest BCUT2D eigenvalue weighted by atomic mass is 32.2. The van der Waals surface area contributed by atoms with Crippen molar-refractivity contribution in [2.45, 2.75) is 25.2 Å². The van der Waals surface area contributed by atoms with Crippen LogP contribution in [0.25, 0.3) is 22.1 Å². The first kappa shape index (κ1) is 23.4. The summed E-state index contributed by atoms with van der Waals surface area (Å²) in [6.07, 6.45) is -0.170. The summed E-state index contributed by atoms with van der Waals surface area (Å²) in [5.41, 5.74) is 2.85. The van der Waals surface area contributed by atoms with E-state index >= 15 is 0 Å². The molecule has 0 aliphatic heterocycles. The van der Waals surface area contributed by atoms with Crippen LogP contribution in [0.1, 0.15) is 17.5 Å². The van der Waals surface area contributed by atoms with Crippen LogP contribution >= 0.6 is 0 Å². The van der Waals surface area contributed by atoms with Gasteiger partial charge in [-0.3, -0.25) is 4.79 Å². The number of nitrogens with one attached hydrogen (secondary N) is 1. The van der Waals surface area contributed by atoms with Crippen molar-refractivity contribution in [2.24, 2.45) is 0 Å². The third-order valence-corrected chi connectivity index (χ3v) is 6.85. The Hall–Kier alpha value is -3.75. The van der Waals surface area contributed by atoms with Crippen LogP contribution in [0.5, 0.6) is 5.75 Å². The molecule has 1 aromatic heterocycles. The number of rotatable bonds is 7. The van der Waals surface area contributed by atoms with E-state index in [9.17, 15) is 18.0 Å². The first-order valence-corrected chi connectivity index (χ1v) is 12.1. The molecule has 4 aromatic rings. The Balaban J connectivity index is 1.49. The predicted molar refractivity (Wildman–Crippen MR) is 129 cm³/mol. The molecule has 1 heterocycles. The van der Waals surface area contributed by atoms with Gasteiger partial charge in [-0.25, -0.2) is 17.9 Å². The fourth-order valence-corrected chi connectivity index (χ4v) is 4.60. The van der Waals surface area contributed by atoms with E-state index in [2.05, 4.69) is 4.72 Å². The molecule has 0 amide bonds. The van der Waals surface area contributed by atoms with Crippen LogP contribution in [-0.4, -0.2) is 20.9 Å². The van der Waals surface area contributed by atoms with Crippen LogP contribution < -0.4 is 15.1 Å². The number of aryl methyl sites for hydroxylation is 2. The van der Waals surface area contributed by atoms with Crippen LogP contribution in [0.15, 0.2) is 86.9 Å². The van der Waals surface area contributed by atoms with E-state index in [0.717, 1.165) is 16.7 Å². The quantitative estimate of drug-likeness (QED) is 0.241. The highest BCUT2D eigenvalue weighted by Crippen LogP contribution is 2.33. The zero-order chi connectivity index (χ0) is 24.3. The molecular weight excluding hydrogens is 454 g/mol. The van der Waals surface area contributed by atoms with Gasteiger partial charge < -0.3 is 9.15 Å². The molecule has 34 heavy (non-hydrogen) atoms. The van der Waals surface area contributed by atoms with E-state index in [0.29, 0.717) is 16.5 Å². The maximum Gasteiger partial charge on any atom is 0.336 e. The second-order valence-corrected chi connectivity index (χ2v) is 9.61. The fourth-order valence-electron chi connectivity index (χ4n) is 3.57. The molecule has 0 unspecified atom stereocenters. The molecule has 0 aliphatic carbocycles. The van der Waals surface area contributed by atoms with Gasteiger partial charge in [0.25, 0.3) is 0 Å². The Kier molecular flexibility index (Phi) is 6.63. The predicted octanol–water partition coefficient (Wildman–Crippen LogP) is 4.35. The van der Waals surface area contributed by atoms with E-state index in [1.165, 1.54) is 18.2 Å². The largest absolute Gasteiger partial charge is 0.426 e. The van der Waals surface area contributed by atoms with Crippen LogP contribution in [0, 0.1) is 13.8 Å². The van der Waals surface area contributed by atoms with Crippen molar-refractivity contribution in [1.82, 2.24) is 4.72 Å². The highest BCUT2D eigenvalue weighted by molar-refractivity contribution is 7.89. The van der Waals surface area contributed by atoms with Gasteiger partial charge in [-0.15, -0.1) is 0 Å². The molecule has 1 N–H and O–H groups in total. The molecule has 0 atom stereocenters. The minimum absolute atomic E-state index is 0.116. The van der Waals surface area contributed by atoms with Crippen molar-refractivity contribution < 1.29 is 22.4 Å². The molecule has 7 nitrogen and oxygen atoms in total. The number of ether oxygens (including phenoxy) is 1. The second kappa shape index (κ2) is 9.62. The van der Waals surface area contributed by atoms with Crippen LogP contribution in [0.4, 0.5) is 0 Å². The lowest BCUT2D eigenvalue weighted by Crippen LogP contribution is -2.27.